The van der Waals surface area contributed by atoms with E-state index in [-0.39, 0.29) is 24.2 Å². The zero-order chi connectivity index (χ0) is 18.2. The summed E-state index contributed by atoms with van der Waals surface area (Å²) < 4.78 is 5.22. The topological polar surface area (TPSA) is 80.7 Å². The van der Waals surface area contributed by atoms with E-state index in [0.29, 0.717) is 12.8 Å². The van der Waals surface area contributed by atoms with Crippen LogP contribution in [0.3, 0.4) is 0 Å². The average Bonchev–Trinajstić information content (AvgIpc) is 2.60. The van der Waals surface area contributed by atoms with Gasteiger partial charge in [-0.1, -0.05) is 38.0 Å². The Labute approximate surface area is 147 Å². The van der Waals surface area contributed by atoms with E-state index in [1.807, 2.05) is 13.0 Å². The van der Waals surface area contributed by atoms with Crippen molar-refractivity contribution in [2.45, 2.75) is 51.9 Å². The van der Waals surface area contributed by atoms with Gasteiger partial charge < -0.3 is 9.84 Å². The first-order chi connectivity index (χ1) is 12.0. The van der Waals surface area contributed by atoms with Crippen molar-refractivity contribution < 1.29 is 24.2 Å². The normalized spacial score (nSPS) is 17.5. The summed E-state index contributed by atoms with van der Waals surface area (Å²) >= 11 is 0. The molecule has 0 bridgehead atoms. The number of ketones is 2. The molecule has 0 aromatic heterocycles. The van der Waals surface area contributed by atoms with E-state index >= 15 is 0 Å². The first-order valence-corrected chi connectivity index (χ1v) is 8.80. The molecule has 0 radical (unpaired) electrons. The highest BCUT2D eigenvalue weighted by molar-refractivity contribution is 6.31. The lowest BCUT2D eigenvalue weighted by molar-refractivity contribution is -0.140. The fourth-order valence-electron chi connectivity index (χ4n) is 2.88. The van der Waals surface area contributed by atoms with Crippen LogP contribution in [0.25, 0.3) is 0 Å². The van der Waals surface area contributed by atoms with Gasteiger partial charge in [0, 0.05) is 18.1 Å². The number of carbonyl (C=O) groups excluding carboxylic acids is 3. The molecule has 5 nitrogen and oxygen atoms in total. The molecule has 0 unspecified atom stereocenters. The van der Waals surface area contributed by atoms with E-state index in [1.165, 1.54) is 0 Å². The Morgan fingerprint density at radius 3 is 2.68 bits per heavy atom. The van der Waals surface area contributed by atoms with Crippen LogP contribution in [-0.2, 0) is 19.1 Å². The molecular weight excluding hydrogens is 320 g/mol. The maximum Gasteiger partial charge on any atom is 0.342 e. The predicted molar refractivity (Wildman–Crippen MR) is 93.9 cm³/mol. The Hall–Kier alpha value is -2.43. The molecule has 0 amide bonds. The third-order valence-electron chi connectivity index (χ3n) is 4.25. The summed E-state index contributed by atoms with van der Waals surface area (Å²) in [6.45, 7) is 2.17. The maximum atomic E-state index is 12.3. The quantitative estimate of drug-likeness (QED) is 0.314. The molecule has 1 N–H and O–H groups in total. The molecule has 0 atom stereocenters. The van der Waals surface area contributed by atoms with E-state index in [9.17, 15) is 19.5 Å². The van der Waals surface area contributed by atoms with Crippen LogP contribution in [-0.4, -0.2) is 29.2 Å². The van der Waals surface area contributed by atoms with Gasteiger partial charge in [-0.25, -0.2) is 4.79 Å². The van der Waals surface area contributed by atoms with Crippen molar-refractivity contribution in [3.05, 3.63) is 46.8 Å². The smallest absolute Gasteiger partial charge is 0.342 e. The van der Waals surface area contributed by atoms with Crippen molar-refractivity contribution in [2.75, 3.05) is 6.61 Å². The van der Waals surface area contributed by atoms with Crippen LogP contribution in [0.2, 0.25) is 0 Å². The summed E-state index contributed by atoms with van der Waals surface area (Å²) in [6, 6.07) is 0. The number of rotatable bonds is 8. The number of aliphatic hydroxyl groups is 1. The van der Waals surface area contributed by atoms with Gasteiger partial charge >= 0.3 is 5.97 Å². The Bertz CT molecular complexity index is 676. The zero-order valence-electron chi connectivity index (χ0n) is 14.5. The Kier molecular flexibility index (Phi) is 6.92. The van der Waals surface area contributed by atoms with Gasteiger partial charge in [-0.3, -0.25) is 9.59 Å². The lowest BCUT2D eigenvalue weighted by Crippen LogP contribution is -2.26. The van der Waals surface area contributed by atoms with Crippen LogP contribution in [0.15, 0.2) is 46.8 Å². The number of aliphatic hydroxyl groups excluding tert-OH is 1. The Morgan fingerprint density at radius 2 is 2.00 bits per heavy atom. The first-order valence-electron chi connectivity index (χ1n) is 8.80. The molecule has 2 aliphatic carbocycles. The molecule has 0 spiro atoms. The largest absolute Gasteiger partial charge is 0.504 e. The van der Waals surface area contributed by atoms with E-state index < -0.39 is 23.3 Å². The van der Waals surface area contributed by atoms with Gasteiger partial charge in [0.15, 0.2) is 11.5 Å². The molecule has 0 aliphatic heterocycles. The molecular formula is C20H24O5. The molecule has 0 saturated heterocycles. The minimum Gasteiger partial charge on any atom is -0.504 e. The van der Waals surface area contributed by atoms with E-state index in [2.05, 4.69) is 12.2 Å². The molecule has 2 rings (SSSR count). The number of hydrogen-bond donors (Lipinski definition) is 1. The fraction of sp³-hybridized carbons (Fsp3) is 0.450. The second-order valence-corrected chi connectivity index (χ2v) is 6.18. The summed E-state index contributed by atoms with van der Waals surface area (Å²) in [7, 11) is 0. The molecule has 134 valence electrons. The number of unbranched alkanes of at least 4 members (excludes halogenated alkanes) is 2. The summed E-state index contributed by atoms with van der Waals surface area (Å²) in [5.41, 5.74) is 0.937. The van der Waals surface area contributed by atoms with Crippen LogP contribution in [0.4, 0.5) is 0 Å². The van der Waals surface area contributed by atoms with E-state index in [4.69, 9.17) is 4.74 Å². The van der Waals surface area contributed by atoms with E-state index in [0.717, 1.165) is 37.3 Å². The lowest BCUT2D eigenvalue weighted by Gasteiger charge is -2.16. The van der Waals surface area contributed by atoms with Crippen molar-refractivity contribution in [1.29, 1.82) is 0 Å². The van der Waals surface area contributed by atoms with Gasteiger partial charge in [0.1, 0.15) is 5.57 Å². The lowest BCUT2D eigenvalue weighted by atomic mass is 9.90. The van der Waals surface area contributed by atoms with Gasteiger partial charge in [0.2, 0.25) is 5.78 Å². The van der Waals surface area contributed by atoms with Crippen molar-refractivity contribution in [3.8, 4) is 0 Å². The van der Waals surface area contributed by atoms with Crippen molar-refractivity contribution >= 4 is 17.5 Å². The standard InChI is InChI=1S/C20H24O5/c1-2-3-5-10-15-18(16(21)13-17(22)19(15)23)20(24)25-12-11-14-8-6-4-7-9-14/h6,8-9,13,22H,2-5,7,10-12H2,1H3. The summed E-state index contributed by atoms with van der Waals surface area (Å²) in [4.78, 5) is 36.6. The van der Waals surface area contributed by atoms with Crippen LogP contribution >= 0.6 is 0 Å². The maximum absolute atomic E-state index is 12.3. The molecule has 0 saturated carbocycles. The van der Waals surface area contributed by atoms with Gasteiger partial charge in [-0.2, -0.15) is 0 Å². The second kappa shape index (κ2) is 9.16. The van der Waals surface area contributed by atoms with Crippen molar-refractivity contribution in [1.82, 2.24) is 0 Å². The van der Waals surface area contributed by atoms with Gasteiger partial charge in [0.05, 0.1) is 6.61 Å². The first kappa shape index (κ1) is 18.9. The van der Waals surface area contributed by atoms with Crippen LogP contribution in [0.1, 0.15) is 51.9 Å². The summed E-state index contributed by atoms with van der Waals surface area (Å²) in [5.74, 6) is -2.70. The number of ether oxygens (including phenoxy) is 1. The van der Waals surface area contributed by atoms with Crippen molar-refractivity contribution in [2.24, 2.45) is 0 Å². The number of esters is 1. The van der Waals surface area contributed by atoms with Crippen LogP contribution < -0.4 is 0 Å². The van der Waals surface area contributed by atoms with Gasteiger partial charge in [0.25, 0.3) is 0 Å². The molecule has 5 heteroatoms. The van der Waals surface area contributed by atoms with Crippen LogP contribution in [0, 0.1) is 0 Å². The number of Topliss-reactive ketones (excluding diaryl/α,β-unsaturated/α-hetero) is 1. The van der Waals surface area contributed by atoms with E-state index in [1.54, 1.807) is 0 Å². The molecule has 0 fully saturated rings. The Balaban J connectivity index is 2.05. The van der Waals surface area contributed by atoms with Crippen molar-refractivity contribution in [3.63, 3.8) is 0 Å². The highest BCUT2D eigenvalue weighted by Gasteiger charge is 2.33. The SMILES string of the molecule is CCCCCC1=C(C(=O)OCCC2=CCCC=C2)C(=O)C=C(O)C1=O. The van der Waals surface area contributed by atoms with Crippen LogP contribution in [0.5, 0.6) is 0 Å². The zero-order valence-corrected chi connectivity index (χ0v) is 14.5. The molecule has 25 heavy (non-hydrogen) atoms. The third kappa shape index (κ3) is 5.02. The number of allylic oxidation sites excluding steroid dienone is 5. The second-order valence-electron chi connectivity index (χ2n) is 6.18. The summed E-state index contributed by atoms with van der Waals surface area (Å²) in [6.07, 6.45) is 12.3. The monoisotopic (exact) mass is 344 g/mol. The predicted octanol–water partition coefficient (Wildman–Crippen LogP) is 3.67. The molecule has 0 aromatic carbocycles. The third-order valence-corrected chi connectivity index (χ3v) is 4.25. The Morgan fingerprint density at radius 1 is 1.20 bits per heavy atom. The van der Waals surface area contributed by atoms with Gasteiger partial charge in [-0.15, -0.1) is 0 Å². The fourth-order valence-corrected chi connectivity index (χ4v) is 2.88. The minimum atomic E-state index is -0.783. The van der Waals surface area contributed by atoms with Gasteiger partial charge in [-0.05, 0) is 31.3 Å². The highest BCUT2D eigenvalue weighted by atomic mass is 16.5. The molecule has 2 aliphatic rings. The molecule has 0 heterocycles. The number of carbonyl (C=O) groups is 3. The minimum absolute atomic E-state index is 0.0697. The highest BCUT2D eigenvalue weighted by Crippen LogP contribution is 2.24. The molecule has 0 aromatic rings. The summed E-state index contributed by atoms with van der Waals surface area (Å²) in [5, 5.41) is 9.61. The number of hydrogen-bond acceptors (Lipinski definition) is 5. The average molecular weight is 344 g/mol.